The summed E-state index contributed by atoms with van der Waals surface area (Å²) in [6.07, 6.45) is 0. The molecule has 0 radical (unpaired) electrons. The third-order valence-corrected chi connectivity index (χ3v) is 3.13. The monoisotopic (exact) mass is 267 g/mol. The van der Waals surface area contributed by atoms with E-state index in [4.69, 9.17) is 25.8 Å². The van der Waals surface area contributed by atoms with Crippen LogP contribution in [0.5, 0.6) is 17.2 Å². The Morgan fingerprint density at radius 2 is 1.67 bits per heavy atom. The van der Waals surface area contributed by atoms with Crippen molar-refractivity contribution in [1.82, 2.24) is 4.98 Å². The van der Waals surface area contributed by atoms with Crippen LogP contribution in [0.4, 0.5) is 0 Å². The molecule has 0 saturated carbocycles. The number of aryl methyl sites for hydroxylation is 1. The van der Waals surface area contributed by atoms with E-state index >= 15 is 0 Å². The third kappa shape index (κ3) is 1.93. The van der Waals surface area contributed by atoms with Gasteiger partial charge in [-0.05, 0) is 18.6 Å². The second kappa shape index (κ2) is 4.90. The highest BCUT2D eigenvalue weighted by molar-refractivity contribution is 6.30. The zero-order valence-corrected chi connectivity index (χ0v) is 11.5. The Labute approximate surface area is 110 Å². The van der Waals surface area contributed by atoms with Crippen LogP contribution in [0.15, 0.2) is 12.1 Å². The van der Waals surface area contributed by atoms with Gasteiger partial charge in [0.15, 0.2) is 11.5 Å². The average molecular weight is 268 g/mol. The number of hydrogen-bond acceptors (Lipinski definition) is 4. The normalized spacial score (nSPS) is 10.5. The number of fused-ring (bicyclic) bond motifs is 1. The van der Waals surface area contributed by atoms with Crippen molar-refractivity contribution < 1.29 is 14.2 Å². The van der Waals surface area contributed by atoms with Crippen molar-refractivity contribution >= 4 is 22.5 Å². The minimum Gasteiger partial charge on any atom is -0.493 e. The highest BCUT2D eigenvalue weighted by atomic mass is 35.5. The molecule has 1 heterocycles. The first kappa shape index (κ1) is 12.8. The smallest absolute Gasteiger partial charge is 0.204 e. The molecule has 0 unspecified atom stereocenters. The van der Waals surface area contributed by atoms with Crippen LogP contribution >= 0.6 is 11.6 Å². The first-order valence-electron chi connectivity index (χ1n) is 5.38. The van der Waals surface area contributed by atoms with Crippen molar-refractivity contribution in [3.63, 3.8) is 0 Å². The molecular weight excluding hydrogens is 254 g/mol. The highest BCUT2D eigenvalue weighted by Crippen LogP contribution is 2.43. The molecule has 1 aromatic heterocycles. The van der Waals surface area contributed by atoms with Gasteiger partial charge in [-0.25, -0.2) is 4.98 Å². The maximum atomic E-state index is 6.03. The average Bonchev–Trinajstić information content (AvgIpc) is 2.38. The van der Waals surface area contributed by atoms with E-state index in [9.17, 15) is 0 Å². The fourth-order valence-electron chi connectivity index (χ4n) is 1.87. The van der Waals surface area contributed by atoms with E-state index < -0.39 is 0 Å². The van der Waals surface area contributed by atoms with Crippen LogP contribution in [-0.2, 0) is 0 Å². The van der Waals surface area contributed by atoms with Gasteiger partial charge in [-0.3, -0.25) is 0 Å². The molecule has 5 heteroatoms. The summed E-state index contributed by atoms with van der Waals surface area (Å²) in [7, 11) is 4.72. The fourth-order valence-corrected chi connectivity index (χ4v) is 2.01. The topological polar surface area (TPSA) is 40.6 Å². The molecule has 0 saturated heterocycles. The van der Waals surface area contributed by atoms with Crippen LogP contribution in [0.25, 0.3) is 10.9 Å². The van der Waals surface area contributed by atoms with Gasteiger partial charge < -0.3 is 14.2 Å². The second-order valence-electron chi connectivity index (χ2n) is 3.81. The number of nitrogens with zero attached hydrogens (tertiary/aromatic N) is 1. The predicted molar refractivity (Wildman–Crippen MR) is 71.1 cm³/mol. The predicted octanol–water partition coefficient (Wildman–Crippen LogP) is 3.22. The number of rotatable bonds is 3. The van der Waals surface area contributed by atoms with Gasteiger partial charge in [0, 0.05) is 11.5 Å². The van der Waals surface area contributed by atoms with E-state index in [0.717, 1.165) is 10.9 Å². The highest BCUT2D eigenvalue weighted by Gasteiger charge is 2.17. The van der Waals surface area contributed by atoms with Crippen LogP contribution in [0.3, 0.4) is 0 Å². The van der Waals surface area contributed by atoms with Crippen LogP contribution in [-0.4, -0.2) is 26.3 Å². The Kier molecular flexibility index (Phi) is 3.48. The van der Waals surface area contributed by atoms with Crippen molar-refractivity contribution in [1.29, 1.82) is 0 Å². The van der Waals surface area contributed by atoms with Gasteiger partial charge in [-0.2, -0.15) is 0 Å². The second-order valence-corrected chi connectivity index (χ2v) is 4.17. The maximum Gasteiger partial charge on any atom is 0.204 e. The van der Waals surface area contributed by atoms with Gasteiger partial charge in [0.25, 0.3) is 0 Å². The van der Waals surface area contributed by atoms with Crippen LogP contribution in [0.1, 0.15) is 5.56 Å². The van der Waals surface area contributed by atoms with Gasteiger partial charge in [-0.1, -0.05) is 11.6 Å². The lowest BCUT2D eigenvalue weighted by Crippen LogP contribution is -1.97. The number of methoxy groups -OCH3 is 3. The lowest BCUT2D eigenvalue weighted by atomic mass is 10.1. The van der Waals surface area contributed by atoms with Crippen molar-refractivity contribution in [3.05, 3.63) is 22.8 Å². The van der Waals surface area contributed by atoms with E-state index in [1.165, 1.54) is 0 Å². The van der Waals surface area contributed by atoms with Crippen molar-refractivity contribution in [3.8, 4) is 17.2 Å². The van der Waals surface area contributed by atoms with Gasteiger partial charge in [0.1, 0.15) is 5.15 Å². The molecule has 96 valence electrons. The summed E-state index contributed by atoms with van der Waals surface area (Å²) in [5.41, 5.74) is 1.59. The molecule has 0 bridgehead atoms. The summed E-state index contributed by atoms with van der Waals surface area (Å²) in [5, 5.41) is 1.31. The van der Waals surface area contributed by atoms with E-state index in [2.05, 4.69) is 4.98 Å². The molecule has 0 atom stereocenters. The van der Waals surface area contributed by atoms with Crippen molar-refractivity contribution in [2.45, 2.75) is 6.92 Å². The summed E-state index contributed by atoms with van der Waals surface area (Å²) in [6.45, 7) is 1.89. The zero-order chi connectivity index (χ0) is 13.3. The number of halogens is 1. The number of ether oxygens (including phenoxy) is 3. The van der Waals surface area contributed by atoms with Crippen LogP contribution in [0.2, 0.25) is 5.15 Å². The SMILES string of the molecule is COc1cc2nc(Cl)c(C)cc2c(OC)c1OC. The lowest BCUT2D eigenvalue weighted by Gasteiger charge is -2.14. The van der Waals surface area contributed by atoms with Gasteiger partial charge in [-0.15, -0.1) is 0 Å². The van der Waals surface area contributed by atoms with E-state index in [1.807, 2.05) is 13.0 Å². The molecule has 0 fully saturated rings. The van der Waals surface area contributed by atoms with Gasteiger partial charge in [0.05, 0.1) is 26.8 Å². The molecule has 0 N–H and O–H groups in total. The largest absolute Gasteiger partial charge is 0.493 e. The molecule has 0 aliphatic rings. The molecule has 0 aliphatic heterocycles. The quantitative estimate of drug-likeness (QED) is 0.801. The molecule has 0 spiro atoms. The summed E-state index contributed by atoms with van der Waals surface area (Å²) >= 11 is 6.03. The van der Waals surface area contributed by atoms with Gasteiger partial charge in [0.2, 0.25) is 5.75 Å². The van der Waals surface area contributed by atoms with E-state index in [0.29, 0.717) is 27.9 Å². The standard InChI is InChI=1S/C13H14ClNO3/c1-7-5-8-9(15-13(7)14)6-10(16-2)12(18-4)11(8)17-3/h5-6H,1-4H3. The first-order valence-corrected chi connectivity index (χ1v) is 5.76. The van der Waals surface area contributed by atoms with Crippen LogP contribution < -0.4 is 14.2 Å². The summed E-state index contributed by atoms with van der Waals surface area (Å²) in [6, 6.07) is 3.70. The number of benzene rings is 1. The third-order valence-electron chi connectivity index (χ3n) is 2.75. The van der Waals surface area contributed by atoms with Crippen molar-refractivity contribution in [2.24, 2.45) is 0 Å². The Bertz CT molecular complexity index is 599. The Hall–Kier alpha value is -1.68. The molecule has 1 aromatic carbocycles. The summed E-state index contributed by atoms with van der Waals surface area (Å²) in [5.74, 6) is 1.71. The Morgan fingerprint density at radius 3 is 2.22 bits per heavy atom. The summed E-state index contributed by atoms with van der Waals surface area (Å²) in [4.78, 5) is 4.32. The number of pyridine rings is 1. The molecule has 18 heavy (non-hydrogen) atoms. The van der Waals surface area contributed by atoms with Crippen molar-refractivity contribution in [2.75, 3.05) is 21.3 Å². The van der Waals surface area contributed by atoms with Gasteiger partial charge >= 0.3 is 0 Å². The Morgan fingerprint density at radius 1 is 1.00 bits per heavy atom. The first-order chi connectivity index (χ1) is 8.62. The molecule has 4 nitrogen and oxygen atoms in total. The minimum atomic E-state index is 0.469. The Balaban J connectivity index is 2.87. The molecular formula is C13H14ClNO3. The minimum absolute atomic E-state index is 0.469. The molecule has 0 amide bonds. The van der Waals surface area contributed by atoms with E-state index in [1.54, 1.807) is 27.4 Å². The van der Waals surface area contributed by atoms with Crippen LogP contribution in [0, 0.1) is 6.92 Å². The zero-order valence-electron chi connectivity index (χ0n) is 10.7. The lowest BCUT2D eigenvalue weighted by molar-refractivity contribution is 0.327. The number of aromatic nitrogens is 1. The van der Waals surface area contributed by atoms with E-state index in [-0.39, 0.29) is 0 Å². The molecule has 2 aromatic rings. The maximum absolute atomic E-state index is 6.03. The molecule has 0 aliphatic carbocycles. The fraction of sp³-hybridized carbons (Fsp3) is 0.308. The molecule has 2 rings (SSSR count). The summed E-state index contributed by atoms with van der Waals surface area (Å²) < 4.78 is 16.0. The number of hydrogen-bond donors (Lipinski definition) is 0.